The highest BCUT2D eigenvalue weighted by Crippen LogP contribution is 2.20. The largest absolute Gasteiger partial charge is 0.368 e. The van der Waals surface area contributed by atoms with Crippen LogP contribution < -0.4 is 11.1 Å². The second kappa shape index (κ2) is 5.81. The van der Waals surface area contributed by atoms with E-state index in [1.165, 1.54) is 0 Å². The summed E-state index contributed by atoms with van der Waals surface area (Å²) in [5.41, 5.74) is 5.49. The van der Waals surface area contributed by atoms with Gasteiger partial charge in [0.15, 0.2) is 0 Å². The number of aromatic nitrogens is 2. The van der Waals surface area contributed by atoms with Gasteiger partial charge in [-0.15, -0.1) is 0 Å². The number of halogens is 1. The molecule has 1 atom stereocenters. The Balaban J connectivity index is 2.77. The van der Waals surface area contributed by atoms with Crippen molar-refractivity contribution in [1.29, 1.82) is 0 Å². The van der Waals surface area contributed by atoms with Crippen LogP contribution in [-0.2, 0) is 4.79 Å². The zero-order chi connectivity index (χ0) is 13.0. The molecule has 0 aliphatic rings. The van der Waals surface area contributed by atoms with Gasteiger partial charge in [-0.2, -0.15) is 4.98 Å². The van der Waals surface area contributed by atoms with E-state index in [0.717, 1.165) is 0 Å². The first kappa shape index (κ1) is 13.7. The summed E-state index contributed by atoms with van der Waals surface area (Å²) in [6.45, 7) is 4.36. The standard InChI is InChI=1S/C10H16BrN5O/c1-4-16(3)9(17)6(2)14-8-7(11)5-13-10(12)15-8/h5-6H,4H2,1-3H3,(H3,12,13,14,15). The number of likely N-dealkylation sites (N-methyl/N-ethyl adjacent to an activating group) is 1. The zero-order valence-electron chi connectivity index (χ0n) is 10.1. The number of nitrogens with zero attached hydrogens (tertiary/aromatic N) is 3. The molecule has 1 unspecified atom stereocenters. The van der Waals surface area contributed by atoms with Crippen LogP contribution in [0, 0.1) is 0 Å². The molecule has 1 aromatic heterocycles. The molecule has 1 heterocycles. The predicted molar refractivity (Wildman–Crippen MR) is 70.5 cm³/mol. The van der Waals surface area contributed by atoms with E-state index < -0.39 is 0 Å². The smallest absolute Gasteiger partial charge is 0.244 e. The molecular weight excluding hydrogens is 286 g/mol. The Hall–Kier alpha value is -1.37. The number of nitrogens with one attached hydrogen (secondary N) is 1. The first-order chi connectivity index (χ1) is 7.95. The van der Waals surface area contributed by atoms with Crippen LogP contribution in [0.1, 0.15) is 13.8 Å². The minimum absolute atomic E-state index is 0.00316. The molecule has 94 valence electrons. The van der Waals surface area contributed by atoms with Gasteiger partial charge in [0.25, 0.3) is 0 Å². The predicted octanol–water partition coefficient (Wildman–Crippen LogP) is 1.10. The first-order valence-corrected chi connectivity index (χ1v) is 6.04. The molecule has 7 heteroatoms. The number of rotatable bonds is 4. The number of hydrogen-bond acceptors (Lipinski definition) is 5. The van der Waals surface area contributed by atoms with Crippen LogP contribution in [0.25, 0.3) is 0 Å². The maximum Gasteiger partial charge on any atom is 0.244 e. The van der Waals surface area contributed by atoms with Gasteiger partial charge in [-0.1, -0.05) is 0 Å². The number of carbonyl (C=O) groups excluding carboxylic acids is 1. The second-order valence-electron chi connectivity index (χ2n) is 3.64. The minimum atomic E-state index is -0.370. The van der Waals surface area contributed by atoms with Gasteiger partial charge in [0.05, 0.1) is 4.47 Å². The zero-order valence-corrected chi connectivity index (χ0v) is 11.7. The average molecular weight is 302 g/mol. The Kier molecular flexibility index (Phi) is 4.68. The molecule has 0 aliphatic heterocycles. The van der Waals surface area contributed by atoms with Gasteiger partial charge >= 0.3 is 0 Å². The third kappa shape index (κ3) is 3.55. The highest BCUT2D eigenvalue weighted by Gasteiger charge is 2.17. The Morgan fingerprint density at radius 3 is 2.94 bits per heavy atom. The summed E-state index contributed by atoms with van der Waals surface area (Å²) in [5.74, 6) is 0.679. The summed E-state index contributed by atoms with van der Waals surface area (Å²) in [7, 11) is 1.75. The van der Waals surface area contributed by atoms with Crippen LogP contribution in [0.4, 0.5) is 11.8 Å². The fraction of sp³-hybridized carbons (Fsp3) is 0.500. The quantitative estimate of drug-likeness (QED) is 0.870. The van der Waals surface area contributed by atoms with E-state index in [9.17, 15) is 4.79 Å². The van der Waals surface area contributed by atoms with Gasteiger partial charge in [0, 0.05) is 19.8 Å². The summed E-state index contributed by atoms with van der Waals surface area (Å²) in [6.07, 6.45) is 1.55. The van der Waals surface area contributed by atoms with Crippen molar-refractivity contribution in [2.75, 3.05) is 24.6 Å². The number of hydrogen-bond donors (Lipinski definition) is 2. The molecule has 3 N–H and O–H groups in total. The van der Waals surface area contributed by atoms with E-state index in [-0.39, 0.29) is 17.9 Å². The van der Waals surface area contributed by atoms with Crippen LogP contribution in [-0.4, -0.2) is 40.4 Å². The molecule has 6 nitrogen and oxygen atoms in total. The topological polar surface area (TPSA) is 84.1 Å². The second-order valence-corrected chi connectivity index (χ2v) is 4.50. The summed E-state index contributed by atoms with van der Waals surface area (Å²) in [6, 6.07) is -0.370. The van der Waals surface area contributed by atoms with Crippen LogP contribution in [0.5, 0.6) is 0 Å². The fourth-order valence-electron chi connectivity index (χ4n) is 1.24. The van der Waals surface area contributed by atoms with Gasteiger partial charge in [-0.25, -0.2) is 4.98 Å². The number of nitrogen functional groups attached to an aromatic ring is 1. The molecule has 1 amide bonds. The first-order valence-electron chi connectivity index (χ1n) is 5.25. The van der Waals surface area contributed by atoms with E-state index in [4.69, 9.17) is 5.73 Å². The molecule has 0 saturated carbocycles. The highest BCUT2D eigenvalue weighted by atomic mass is 79.9. The van der Waals surface area contributed by atoms with Gasteiger partial charge in [-0.3, -0.25) is 4.79 Å². The van der Waals surface area contributed by atoms with Crippen molar-refractivity contribution in [1.82, 2.24) is 14.9 Å². The lowest BCUT2D eigenvalue weighted by Gasteiger charge is -2.21. The van der Waals surface area contributed by atoms with Gasteiger partial charge in [0.2, 0.25) is 11.9 Å². The minimum Gasteiger partial charge on any atom is -0.368 e. The van der Waals surface area contributed by atoms with E-state index in [1.807, 2.05) is 6.92 Å². The van der Waals surface area contributed by atoms with Crippen molar-refractivity contribution in [3.8, 4) is 0 Å². The van der Waals surface area contributed by atoms with Gasteiger partial charge < -0.3 is 16.0 Å². The third-order valence-electron chi connectivity index (χ3n) is 2.34. The molecular formula is C10H16BrN5O. The summed E-state index contributed by atoms with van der Waals surface area (Å²) < 4.78 is 0.672. The number of amides is 1. The Bertz CT molecular complexity index is 412. The van der Waals surface area contributed by atoms with Gasteiger partial charge in [0.1, 0.15) is 11.9 Å². The Labute approximate surface area is 109 Å². The SMILES string of the molecule is CCN(C)C(=O)C(C)Nc1nc(N)ncc1Br. The normalized spacial score (nSPS) is 12.0. The molecule has 17 heavy (non-hydrogen) atoms. The van der Waals surface area contributed by atoms with Gasteiger partial charge in [-0.05, 0) is 29.8 Å². The lowest BCUT2D eigenvalue weighted by atomic mass is 10.3. The number of anilines is 2. The fourth-order valence-corrected chi connectivity index (χ4v) is 1.54. The number of nitrogens with two attached hydrogens (primary N) is 1. The molecule has 0 saturated heterocycles. The highest BCUT2D eigenvalue weighted by molar-refractivity contribution is 9.10. The van der Waals surface area contributed by atoms with Crippen molar-refractivity contribution in [3.05, 3.63) is 10.7 Å². The summed E-state index contributed by atoms with van der Waals surface area (Å²) in [5, 5.41) is 3.00. The molecule has 0 fully saturated rings. The van der Waals surface area contributed by atoms with Crippen LogP contribution in [0.3, 0.4) is 0 Å². The molecule has 1 aromatic rings. The van der Waals surface area contributed by atoms with Crippen molar-refractivity contribution in [2.24, 2.45) is 0 Å². The molecule has 0 spiro atoms. The maximum absolute atomic E-state index is 11.8. The lowest BCUT2D eigenvalue weighted by Crippen LogP contribution is -2.39. The molecule has 1 rings (SSSR count). The van der Waals surface area contributed by atoms with E-state index >= 15 is 0 Å². The Morgan fingerprint density at radius 2 is 2.35 bits per heavy atom. The third-order valence-corrected chi connectivity index (χ3v) is 2.92. The summed E-state index contributed by atoms with van der Waals surface area (Å²) in [4.78, 5) is 21.3. The van der Waals surface area contributed by atoms with E-state index in [0.29, 0.717) is 16.8 Å². The molecule has 0 aromatic carbocycles. The van der Waals surface area contributed by atoms with E-state index in [2.05, 4.69) is 31.2 Å². The van der Waals surface area contributed by atoms with Crippen LogP contribution in [0.15, 0.2) is 10.7 Å². The van der Waals surface area contributed by atoms with Crippen LogP contribution in [0.2, 0.25) is 0 Å². The molecule has 0 bridgehead atoms. The van der Waals surface area contributed by atoms with Crippen LogP contribution >= 0.6 is 15.9 Å². The lowest BCUT2D eigenvalue weighted by molar-refractivity contribution is -0.130. The monoisotopic (exact) mass is 301 g/mol. The van der Waals surface area contributed by atoms with Crippen molar-refractivity contribution in [2.45, 2.75) is 19.9 Å². The number of carbonyl (C=O) groups is 1. The average Bonchev–Trinajstić information content (AvgIpc) is 2.31. The molecule has 0 aliphatic carbocycles. The van der Waals surface area contributed by atoms with Crippen molar-refractivity contribution in [3.63, 3.8) is 0 Å². The Morgan fingerprint density at radius 1 is 1.71 bits per heavy atom. The summed E-state index contributed by atoms with van der Waals surface area (Å²) >= 11 is 3.29. The van der Waals surface area contributed by atoms with E-state index in [1.54, 1.807) is 25.1 Å². The molecule has 0 radical (unpaired) electrons. The maximum atomic E-state index is 11.8. The van der Waals surface area contributed by atoms with Crippen molar-refractivity contribution >= 4 is 33.6 Å². The van der Waals surface area contributed by atoms with Crippen molar-refractivity contribution < 1.29 is 4.79 Å².